The predicted octanol–water partition coefficient (Wildman–Crippen LogP) is 4.11. The highest BCUT2D eigenvalue weighted by Crippen LogP contribution is 2.38. The largest absolute Gasteiger partial charge is 0.365 e. The minimum absolute atomic E-state index is 0.0453. The molecule has 3 atom stereocenters. The minimum atomic E-state index is -0.0453. The quantitative estimate of drug-likeness (QED) is 0.607. The molecule has 3 aromatic rings. The maximum Gasteiger partial charge on any atom is 0.273 e. The van der Waals surface area contributed by atoms with E-state index in [0.29, 0.717) is 23.0 Å². The van der Waals surface area contributed by atoms with Gasteiger partial charge in [0.05, 0.1) is 11.6 Å². The molecular formula is C23H23BrN6O. The zero-order valence-electron chi connectivity index (χ0n) is 17.2. The molecule has 2 saturated heterocycles. The molecule has 6 rings (SSSR count). The van der Waals surface area contributed by atoms with E-state index in [1.807, 2.05) is 36.1 Å². The van der Waals surface area contributed by atoms with Crippen molar-refractivity contribution in [3.63, 3.8) is 0 Å². The third-order valence-electron chi connectivity index (χ3n) is 6.14. The topological polar surface area (TPSA) is 83.9 Å². The monoisotopic (exact) mass is 478 g/mol. The van der Waals surface area contributed by atoms with Gasteiger partial charge in [-0.3, -0.25) is 4.79 Å². The number of rotatable bonds is 4. The Morgan fingerprint density at radius 3 is 2.71 bits per heavy atom. The number of aryl methyl sites for hydroxylation is 1. The van der Waals surface area contributed by atoms with E-state index in [-0.39, 0.29) is 18.0 Å². The summed E-state index contributed by atoms with van der Waals surface area (Å²) in [7, 11) is 0. The molecule has 1 aliphatic carbocycles. The Morgan fingerprint density at radius 2 is 1.97 bits per heavy atom. The van der Waals surface area contributed by atoms with Gasteiger partial charge in [0.25, 0.3) is 5.91 Å². The molecule has 0 spiro atoms. The number of anilines is 1. The van der Waals surface area contributed by atoms with E-state index < -0.39 is 0 Å². The smallest absolute Gasteiger partial charge is 0.273 e. The second kappa shape index (κ2) is 8.34. The molecule has 3 unspecified atom stereocenters. The van der Waals surface area contributed by atoms with Crippen LogP contribution in [-0.4, -0.2) is 49.4 Å². The third kappa shape index (κ3) is 4.04. The molecule has 0 aromatic carbocycles. The Kier molecular flexibility index (Phi) is 5.40. The van der Waals surface area contributed by atoms with E-state index >= 15 is 0 Å². The van der Waals surface area contributed by atoms with Crippen LogP contribution in [0.2, 0.25) is 0 Å². The van der Waals surface area contributed by atoms with Gasteiger partial charge in [0.1, 0.15) is 11.5 Å². The molecule has 8 heteroatoms. The first kappa shape index (κ1) is 20.1. The number of amides is 1. The number of hydrogen-bond acceptors (Lipinski definition) is 6. The van der Waals surface area contributed by atoms with Gasteiger partial charge in [-0.15, -0.1) is 0 Å². The van der Waals surface area contributed by atoms with Gasteiger partial charge in [-0.2, -0.15) is 0 Å². The van der Waals surface area contributed by atoms with Crippen LogP contribution in [0.5, 0.6) is 0 Å². The van der Waals surface area contributed by atoms with Crippen molar-refractivity contribution in [1.29, 1.82) is 0 Å². The number of carbonyl (C=O) groups excluding carboxylic acids is 1. The molecule has 3 aliphatic rings. The number of nitrogens with zero attached hydrogens (tertiary/aromatic N) is 5. The number of nitrogens with one attached hydrogen (secondary N) is 1. The van der Waals surface area contributed by atoms with Crippen LogP contribution in [0.15, 0.2) is 53.4 Å². The van der Waals surface area contributed by atoms with Crippen LogP contribution in [0.1, 0.15) is 35.4 Å². The first-order valence-corrected chi connectivity index (χ1v) is 11.3. The fourth-order valence-corrected chi connectivity index (χ4v) is 4.94. The van der Waals surface area contributed by atoms with Crippen LogP contribution >= 0.6 is 15.9 Å². The van der Waals surface area contributed by atoms with E-state index in [9.17, 15) is 4.79 Å². The Balaban J connectivity index is 1.44. The third-order valence-corrected chi connectivity index (χ3v) is 6.61. The summed E-state index contributed by atoms with van der Waals surface area (Å²) in [5.74, 6) is 1.79. The van der Waals surface area contributed by atoms with E-state index in [2.05, 4.69) is 41.2 Å². The van der Waals surface area contributed by atoms with Gasteiger partial charge in [-0.05, 0) is 78.4 Å². The Hall–Kier alpha value is -2.87. The molecule has 3 fully saturated rings. The zero-order chi connectivity index (χ0) is 21.4. The van der Waals surface area contributed by atoms with E-state index in [0.717, 1.165) is 41.8 Å². The summed E-state index contributed by atoms with van der Waals surface area (Å²) in [6, 6.07) is 9.78. The fourth-order valence-electron chi connectivity index (χ4n) is 4.71. The number of pyridine rings is 2. The van der Waals surface area contributed by atoms with E-state index in [1.54, 1.807) is 24.7 Å². The Labute approximate surface area is 189 Å². The lowest BCUT2D eigenvalue weighted by Crippen LogP contribution is -2.60. The summed E-state index contributed by atoms with van der Waals surface area (Å²) in [4.78, 5) is 33.5. The van der Waals surface area contributed by atoms with Crippen molar-refractivity contribution < 1.29 is 4.79 Å². The summed E-state index contributed by atoms with van der Waals surface area (Å²) < 4.78 is 0.946. The highest BCUT2D eigenvalue weighted by molar-refractivity contribution is 9.10. The lowest BCUT2D eigenvalue weighted by molar-refractivity contribution is 0.0277. The van der Waals surface area contributed by atoms with Crippen molar-refractivity contribution in [2.45, 2.75) is 38.3 Å². The number of hydrogen-bond donors (Lipinski definition) is 1. The lowest BCUT2D eigenvalue weighted by Gasteiger charge is -2.50. The normalized spacial score (nSPS) is 22.4. The molecule has 0 radical (unpaired) electrons. The standard InChI is InChI=1S/C23H23BrN6O/c1-14-3-6-17(22-25-9-2-10-26-22)21(28-14)23(31)30-13-15-4-7-19(30)18(11-15)29-20-8-5-16(24)12-27-20/h2-3,5-6,8-10,12,15,18-19H,4,7,11,13H2,1H3,(H,27,29). The maximum absolute atomic E-state index is 13.7. The molecule has 158 valence electrons. The SMILES string of the molecule is Cc1ccc(-c2ncccn2)c(C(=O)N2CC3CCC2C(Nc2ccc(Br)cn2)C3)n1. The van der Waals surface area contributed by atoms with Gasteiger partial charge < -0.3 is 10.2 Å². The first-order valence-electron chi connectivity index (χ1n) is 10.5. The highest BCUT2D eigenvalue weighted by Gasteiger charge is 2.44. The van der Waals surface area contributed by atoms with Crippen LogP contribution in [0.4, 0.5) is 5.82 Å². The molecule has 2 aliphatic heterocycles. The van der Waals surface area contributed by atoms with Crippen LogP contribution in [0.3, 0.4) is 0 Å². The first-order chi connectivity index (χ1) is 15.1. The number of fused-ring (bicyclic) bond motifs is 3. The van der Waals surface area contributed by atoms with Gasteiger partial charge in [-0.1, -0.05) is 0 Å². The summed E-state index contributed by atoms with van der Waals surface area (Å²) in [5.41, 5.74) is 1.91. The van der Waals surface area contributed by atoms with Gasteiger partial charge in [0.15, 0.2) is 5.82 Å². The molecule has 31 heavy (non-hydrogen) atoms. The van der Waals surface area contributed by atoms with Crippen LogP contribution < -0.4 is 5.32 Å². The van der Waals surface area contributed by atoms with Crippen molar-refractivity contribution in [3.05, 3.63) is 64.8 Å². The van der Waals surface area contributed by atoms with Crippen molar-refractivity contribution in [3.8, 4) is 11.4 Å². The van der Waals surface area contributed by atoms with Gasteiger partial charge >= 0.3 is 0 Å². The van der Waals surface area contributed by atoms with Crippen LogP contribution in [-0.2, 0) is 0 Å². The molecule has 1 N–H and O–H groups in total. The summed E-state index contributed by atoms with van der Waals surface area (Å²) in [5, 5.41) is 3.56. The summed E-state index contributed by atoms with van der Waals surface area (Å²) in [6.45, 7) is 2.67. The van der Waals surface area contributed by atoms with Crippen molar-refractivity contribution in [2.75, 3.05) is 11.9 Å². The van der Waals surface area contributed by atoms with Crippen molar-refractivity contribution >= 4 is 27.7 Å². The molecule has 3 aromatic heterocycles. The summed E-state index contributed by atoms with van der Waals surface area (Å²) in [6.07, 6.45) is 8.33. The fraction of sp³-hybridized carbons (Fsp3) is 0.348. The molecule has 7 nitrogen and oxygen atoms in total. The lowest BCUT2D eigenvalue weighted by atomic mass is 9.76. The average molecular weight is 479 g/mol. The van der Waals surface area contributed by atoms with Gasteiger partial charge in [-0.25, -0.2) is 19.9 Å². The van der Waals surface area contributed by atoms with Gasteiger partial charge in [0, 0.05) is 41.3 Å². The highest BCUT2D eigenvalue weighted by atomic mass is 79.9. The molecular weight excluding hydrogens is 456 g/mol. The number of aromatic nitrogens is 4. The molecule has 2 bridgehead atoms. The maximum atomic E-state index is 13.7. The zero-order valence-corrected chi connectivity index (χ0v) is 18.8. The summed E-state index contributed by atoms with van der Waals surface area (Å²) >= 11 is 3.43. The number of piperidine rings is 2. The van der Waals surface area contributed by atoms with Crippen LogP contribution in [0.25, 0.3) is 11.4 Å². The Bertz CT molecular complexity index is 1090. The second-order valence-corrected chi connectivity index (χ2v) is 9.15. The van der Waals surface area contributed by atoms with E-state index in [4.69, 9.17) is 0 Å². The van der Waals surface area contributed by atoms with Crippen molar-refractivity contribution in [2.24, 2.45) is 5.92 Å². The molecule has 5 heterocycles. The number of carbonyl (C=O) groups is 1. The average Bonchev–Trinajstić information content (AvgIpc) is 2.81. The number of halogens is 1. The van der Waals surface area contributed by atoms with E-state index in [1.165, 1.54) is 0 Å². The van der Waals surface area contributed by atoms with Crippen molar-refractivity contribution in [1.82, 2.24) is 24.8 Å². The predicted molar refractivity (Wildman–Crippen MR) is 122 cm³/mol. The Morgan fingerprint density at radius 1 is 1.13 bits per heavy atom. The van der Waals surface area contributed by atoms with Gasteiger partial charge in [0.2, 0.25) is 0 Å². The van der Waals surface area contributed by atoms with Crippen LogP contribution in [0, 0.1) is 12.8 Å². The second-order valence-electron chi connectivity index (χ2n) is 8.24. The molecule has 1 amide bonds. The minimum Gasteiger partial charge on any atom is -0.365 e. The molecule has 1 saturated carbocycles.